The summed E-state index contributed by atoms with van der Waals surface area (Å²) in [6.45, 7) is 1.89. The van der Waals surface area contributed by atoms with Crippen molar-refractivity contribution < 1.29 is 8.42 Å². The van der Waals surface area contributed by atoms with Crippen molar-refractivity contribution in [1.82, 2.24) is 4.98 Å². The van der Waals surface area contributed by atoms with Crippen molar-refractivity contribution in [3.8, 4) is 0 Å². The van der Waals surface area contributed by atoms with E-state index in [-0.39, 0.29) is 5.75 Å². The van der Waals surface area contributed by atoms with Gasteiger partial charge in [-0.2, -0.15) is 0 Å². The Kier molecular flexibility index (Phi) is 1.76. The molecule has 13 heavy (non-hydrogen) atoms. The summed E-state index contributed by atoms with van der Waals surface area (Å²) in [5.74, 6) is 0.159. The molecule has 0 amide bonds. The number of sulfonamides is 1. The van der Waals surface area contributed by atoms with Gasteiger partial charge in [0, 0.05) is 11.9 Å². The number of hydrogen-bond acceptors (Lipinski definition) is 3. The zero-order valence-electron chi connectivity index (χ0n) is 7.24. The molecular formula is C8H10N2O2S. The number of pyridine rings is 1. The first kappa shape index (κ1) is 8.50. The predicted octanol–water partition coefficient (Wildman–Crippen LogP) is 0.688. The van der Waals surface area contributed by atoms with Gasteiger partial charge in [0.1, 0.15) is 0 Å². The second-order valence-corrected chi connectivity index (χ2v) is 4.94. The Morgan fingerprint density at radius 3 is 3.08 bits per heavy atom. The minimum atomic E-state index is -3.09. The second kappa shape index (κ2) is 2.70. The lowest BCUT2D eigenvalue weighted by Gasteiger charge is -2.18. The van der Waals surface area contributed by atoms with Crippen LogP contribution in [0.5, 0.6) is 0 Å². The molecule has 0 spiro atoms. The molecule has 70 valence electrons. The van der Waals surface area contributed by atoms with Crippen molar-refractivity contribution in [1.29, 1.82) is 0 Å². The Morgan fingerprint density at radius 2 is 2.31 bits per heavy atom. The van der Waals surface area contributed by atoms with Crippen LogP contribution in [0.1, 0.15) is 11.3 Å². The third-order valence-corrected chi connectivity index (χ3v) is 3.43. The fourth-order valence-electron chi connectivity index (χ4n) is 1.46. The molecule has 0 saturated heterocycles. The van der Waals surface area contributed by atoms with Crippen LogP contribution in [0.25, 0.3) is 0 Å². The Labute approximate surface area is 77.1 Å². The highest BCUT2D eigenvalue weighted by atomic mass is 32.2. The molecule has 2 heterocycles. The van der Waals surface area contributed by atoms with Gasteiger partial charge in [-0.15, -0.1) is 0 Å². The number of nitrogens with zero attached hydrogens (tertiary/aromatic N) is 1. The molecule has 0 atom stereocenters. The molecule has 0 aliphatic carbocycles. The highest BCUT2D eigenvalue weighted by molar-refractivity contribution is 7.92. The van der Waals surface area contributed by atoms with Crippen molar-refractivity contribution in [3.05, 3.63) is 23.5 Å². The first-order valence-corrected chi connectivity index (χ1v) is 5.69. The van der Waals surface area contributed by atoms with Gasteiger partial charge < -0.3 is 0 Å². The van der Waals surface area contributed by atoms with Gasteiger partial charge in [0.05, 0.1) is 11.4 Å². The van der Waals surface area contributed by atoms with E-state index in [0.29, 0.717) is 12.1 Å². The Bertz CT molecular complexity index is 439. The van der Waals surface area contributed by atoms with Crippen molar-refractivity contribution >= 4 is 15.7 Å². The number of hydrogen-bond donors (Lipinski definition) is 1. The summed E-state index contributed by atoms with van der Waals surface area (Å²) < 4.78 is 24.9. The van der Waals surface area contributed by atoms with Crippen LogP contribution in [0.4, 0.5) is 5.69 Å². The Hall–Kier alpha value is -1.10. The summed E-state index contributed by atoms with van der Waals surface area (Å²) in [6, 6.07) is 1.69. The molecule has 0 saturated carbocycles. The van der Waals surface area contributed by atoms with Crippen LogP contribution >= 0.6 is 0 Å². The number of anilines is 1. The molecule has 1 aromatic heterocycles. The van der Waals surface area contributed by atoms with E-state index in [2.05, 4.69) is 9.71 Å². The molecule has 1 N–H and O–H groups in total. The van der Waals surface area contributed by atoms with Gasteiger partial charge in [-0.25, -0.2) is 8.42 Å². The van der Waals surface area contributed by atoms with Crippen LogP contribution in [0.3, 0.4) is 0 Å². The van der Waals surface area contributed by atoms with Gasteiger partial charge in [0.15, 0.2) is 0 Å². The van der Waals surface area contributed by atoms with Crippen molar-refractivity contribution in [3.63, 3.8) is 0 Å². The molecule has 0 aromatic carbocycles. The van der Waals surface area contributed by atoms with Gasteiger partial charge in [-0.1, -0.05) is 0 Å². The first-order chi connectivity index (χ1) is 6.08. The lowest BCUT2D eigenvalue weighted by molar-refractivity contribution is 0.599. The third-order valence-electron chi connectivity index (χ3n) is 2.16. The van der Waals surface area contributed by atoms with E-state index in [4.69, 9.17) is 0 Å². The standard InChI is InChI=1S/C8H10N2O2S/c1-6-7-3-5-13(11,12)10-8(7)2-4-9-6/h2,4,10H,3,5H2,1H3. The van der Waals surface area contributed by atoms with E-state index in [1.807, 2.05) is 6.92 Å². The van der Waals surface area contributed by atoms with Crippen LogP contribution in [0, 0.1) is 6.92 Å². The fourth-order valence-corrected chi connectivity index (χ4v) is 2.56. The van der Waals surface area contributed by atoms with E-state index >= 15 is 0 Å². The van der Waals surface area contributed by atoms with Crippen LogP contribution < -0.4 is 4.72 Å². The van der Waals surface area contributed by atoms with Crippen molar-refractivity contribution in [2.45, 2.75) is 13.3 Å². The summed E-state index contributed by atoms with van der Waals surface area (Å²) in [5.41, 5.74) is 2.59. The predicted molar refractivity (Wildman–Crippen MR) is 50.1 cm³/mol. The van der Waals surface area contributed by atoms with Crippen molar-refractivity contribution in [2.24, 2.45) is 0 Å². The molecule has 0 fully saturated rings. The number of fused-ring (bicyclic) bond motifs is 1. The topological polar surface area (TPSA) is 59.1 Å². The van der Waals surface area contributed by atoms with E-state index in [1.54, 1.807) is 12.3 Å². The van der Waals surface area contributed by atoms with Gasteiger partial charge in [0.25, 0.3) is 0 Å². The maximum Gasteiger partial charge on any atom is 0.233 e. The van der Waals surface area contributed by atoms with Gasteiger partial charge in [-0.05, 0) is 25.0 Å². The Balaban J connectivity index is 2.54. The lowest BCUT2D eigenvalue weighted by Crippen LogP contribution is -2.24. The van der Waals surface area contributed by atoms with Crippen LogP contribution in [0.15, 0.2) is 12.3 Å². The smallest absolute Gasteiger partial charge is 0.233 e. The molecule has 4 nitrogen and oxygen atoms in total. The number of nitrogens with one attached hydrogen (secondary N) is 1. The molecular weight excluding hydrogens is 188 g/mol. The molecule has 1 aliphatic rings. The van der Waals surface area contributed by atoms with E-state index < -0.39 is 10.0 Å². The molecule has 1 aliphatic heterocycles. The third kappa shape index (κ3) is 1.51. The SMILES string of the molecule is Cc1nccc2c1CCS(=O)(=O)N2. The summed E-state index contributed by atoms with van der Waals surface area (Å²) in [5, 5.41) is 0. The zero-order valence-corrected chi connectivity index (χ0v) is 8.06. The molecule has 5 heteroatoms. The van der Waals surface area contributed by atoms with Gasteiger partial charge >= 0.3 is 0 Å². The summed E-state index contributed by atoms with van der Waals surface area (Å²) in [4.78, 5) is 4.11. The normalized spacial score (nSPS) is 18.8. The highest BCUT2D eigenvalue weighted by Gasteiger charge is 2.21. The molecule has 0 unspecified atom stereocenters. The van der Waals surface area contributed by atoms with Crippen molar-refractivity contribution in [2.75, 3.05) is 10.5 Å². The fraction of sp³-hybridized carbons (Fsp3) is 0.375. The van der Waals surface area contributed by atoms with E-state index in [0.717, 1.165) is 11.3 Å². The van der Waals surface area contributed by atoms with E-state index in [1.165, 1.54) is 0 Å². The summed E-state index contributed by atoms with van der Waals surface area (Å²) in [6.07, 6.45) is 2.17. The number of rotatable bonds is 0. The van der Waals surface area contributed by atoms with Gasteiger partial charge in [-0.3, -0.25) is 9.71 Å². The lowest BCUT2D eigenvalue weighted by atomic mass is 10.1. The van der Waals surface area contributed by atoms with E-state index in [9.17, 15) is 8.42 Å². The first-order valence-electron chi connectivity index (χ1n) is 4.03. The minimum Gasteiger partial charge on any atom is -0.283 e. The molecule has 2 rings (SSSR count). The Morgan fingerprint density at radius 1 is 1.54 bits per heavy atom. The maximum absolute atomic E-state index is 11.2. The van der Waals surface area contributed by atoms with Crippen LogP contribution in [-0.2, 0) is 16.4 Å². The second-order valence-electron chi connectivity index (χ2n) is 3.09. The zero-order chi connectivity index (χ0) is 9.47. The summed E-state index contributed by atoms with van der Waals surface area (Å²) >= 11 is 0. The molecule has 0 radical (unpaired) electrons. The van der Waals surface area contributed by atoms with Gasteiger partial charge in [0.2, 0.25) is 10.0 Å². The maximum atomic E-state index is 11.2. The number of aryl methyl sites for hydroxylation is 1. The van der Waals surface area contributed by atoms with Crippen LogP contribution in [0.2, 0.25) is 0 Å². The summed E-state index contributed by atoms with van der Waals surface area (Å²) in [7, 11) is -3.09. The molecule has 1 aromatic rings. The average molecular weight is 198 g/mol. The average Bonchev–Trinajstić information content (AvgIpc) is 2.02. The number of aromatic nitrogens is 1. The molecule has 0 bridgehead atoms. The quantitative estimate of drug-likeness (QED) is 0.667. The van der Waals surface area contributed by atoms with Crippen LogP contribution in [-0.4, -0.2) is 19.2 Å². The minimum absolute atomic E-state index is 0.159. The monoisotopic (exact) mass is 198 g/mol. The highest BCUT2D eigenvalue weighted by Crippen LogP contribution is 2.23. The largest absolute Gasteiger partial charge is 0.283 e.